The molecule has 2 rings (SSSR count). The quantitative estimate of drug-likeness (QED) is 0.662. The molecule has 0 saturated heterocycles. The fourth-order valence-electron chi connectivity index (χ4n) is 2.02. The Kier molecular flexibility index (Phi) is 4.40. The van der Waals surface area contributed by atoms with E-state index in [4.69, 9.17) is 17.4 Å². The summed E-state index contributed by atoms with van der Waals surface area (Å²) in [6.07, 6.45) is 0. The third-order valence-electron chi connectivity index (χ3n) is 2.93. The van der Waals surface area contributed by atoms with Gasteiger partial charge in [0.1, 0.15) is 0 Å². The molecule has 0 aromatic heterocycles. The summed E-state index contributed by atoms with van der Waals surface area (Å²) < 4.78 is 1.05. The molecule has 0 aliphatic rings. The van der Waals surface area contributed by atoms with Crippen molar-refractivity contribution in [2.75, 3.05) is 0 Å². The number of aryl methyl sites for hydroxylation is 1. The molecule has 0 aliphatic heterocycles. The van der Waals surface area contributed by atoms with Gasteiger partial charge in [0.2, 0.25) is 0 Å². The number of hydrazine groups is 1. The molecule has 0 heterocycles. The predicted octanol–water partition coefficient (Wildman–Crippen LogP) is 3.96. The van der Waals surface area contributed by atoms with Gasteiger partial charge in [0.05, 0.1) is 6.04 Å². The first kappa shape index (κ1) is 13.6. The maximum absolute atomic E-state index is 6.23. The van der Waals surface area contributed by atoms with Gasteiger partial charge >= 0.3 is 0 Å². The number of benzene rings is 2. The van der Waals surface area contributed by atoms with Gasteiger partial charge in [-0.25, -0.2) is 5.43 Å². The minimum Gasteiger partial charge on any atom is -0.271 e. The summed E-state index contributed by atoms with van der Waals surface area (Å²) >= 11 is 9.69. The van der Waals surface area contributed by atoms with E-state index in [0.29, 0.717) is 5.02 Å². The molecule has 0 amide bonds. The number of nitrogens with two attached hydrogens (primary N) is 1. The van der Waals surface area contributed by atoms with Crippen LogP contribution in [0.5, 0.6) is 0 Å². The van der Waals surface area contributed by atoms with Crippen LogP contribution in [0.3, 0.4) is 0 Å². The number of hydrogen-bond acceptors (Lipinski definition) is 2. The van der Waals surface area contributed by atoms with Crippen LogP contribution in [-0.2, 0) is 0 Å². The minimum atomic E-state index is -0.105. The Bertz CT molecular complexity index is 557. The monoisotopic (exact) mass is 324 g/mol. The van der Waals surface area contributed by atoms with Crippen LogP contribution in [0.15, 0.2) is 46.9 Å². The maximum Gasteiger partial charge on any atom is 0.0727 e. The zero-order chi connectivity index (χ0) is 13.1. The molecule has 18 heavy (non-hydrogen) atoms. The van der Waals surface area contributed by atoms with E-state index in [9.17, 15) is 0 Å². The lowest BCUT2D eigenvalue weighted by molar-refractivity contribution is 0.634. The van der Waals surface area contributed by atoms with Crippen LogP contribution in [0, 0.1) is 6.92 Å². The average Bonchev–Trinajstić information content (AvgIpc) is 2.34. The molecule has 0 radical (unpaired) electrons. The van der Waals surface area contributed by atoms with E-state index in [-0.39, 0.29) is 6.04 Å². The number of rotatable bonds is 3. The molecule has 1 unspecified atom stereocenters. The van der Waals surface area contributed by atoms with E-state index < -0.39 is 0 Å². The molecule has 0 fully saturated rings. The van der Waals surface area contributed by atoms with Crippen molar-refractivity contribution in [2.45, 2.75) is 13.0 Å². The zero-order valence-corrected chi connectivity index (χ0v) is 12.3. The number of hydrogen-bond donors (Lipinski definition) is 2. The zero-order valence-electron chi connectivity index (χ0n) is 9.95. The van der Waals surface area contributed by atoms with Crippen LogP contribution in [0.25, 0.3) is 0 Å². The largest absolute Gasteiger partial charge is 0.271 e. The SMILES string of the molecule is Cc1cc(Br)ccc1C(NN)c1ccccc1Cl. The van der Waals surface area contributed by atoms with E-state index in [0.717, 1.165) is 21.2 Å². The van der Waals surface area contributed by atoms with Crippen molar-refractivity contribution >= 4 is 27.5 Å². The summed E-state index contributed by atoms with van der Waals surface area (Å²) in [7, 11) is 0. The molecule has 0 aliphatic carbocycles. The Morgan fingerprint density at radius 3 is 2.50 bits per heavy atom. The smallest absolute Gasteiger partial charge is 0.0727 e. The van der Waals surface area contributed by atoms with Gasteiger partial charge in [0.25, 0.3) is 0 Å². The van der Waals surface area contributed by atoms with Gasteiger partial charge in [-0.3, -0.25) is 5.84 Å². The van der Waals surface area contributed by atoms with Crippen molar-refractivity contribution in [1.82, 2.24) is 5.43 Å². The second-order valence-corrected chi connectivity index (χ2v) is 5.44. The van der Waals surface area contributed by atoms with Crippen molar-refractivity contribution in [3.05, 3.63) is 68.7 Å². The topological polar surface area (TPSA) is 38.0 Å². The molecule has 2 aromatic rings. The second-order valence-electron chi connectivity index (χ2n) is 4.12. The van der Waals surface area contributed by atoms with Gasteiger partial charge in [-0.15, -0.1) is 0 Å². The molecule has 0 bridgehead atoms. The highest BCUT2D eigenvalue weighted by Gasteiger charge is 2.17. The van der Waals surface area contributed by atoms with Crippen LogP contribution in [0.2, 0.25) is 5.02 Å². The molecule has 0 saturated carbocycles. The first-order valence-electron chi connectivity index (χ1n) is 5.60. The first-order chi connectivity index (χ1) is 8.63. The third-order valence-corrected chi connectivity index (χ3v) is 3.76. The Morgan fingerprint density at radius 1 is 1.17 bits per heavy atom. The molecule has 3 N–H and O–H groups in total. The highest BCUT2D eigenvalue weighted by atomic mass is 79.9. The summed E-state index contributed by atoms with van der Waals surface area (Å²) in [5.41, 5.74) is 6.09. The normalized spacial score (nSPS) is 12.4. The average molecular weight is 326 g/mol. The van der Waals surface area contributed by atoms with Crippen LogP contribution in [-0.4, -0.2) is 0 Å². The number of halogens is 2. The molecule has 94 valence electrons. The molecule has 4 heteroatoms. The van der Waals surface area contributed by atoms with E-state index in [1.165, 1.54) is 0 Å². The van der Waals surface area contributed by atoms with Gasteiger partial charge in [0.15, 0.2) is 0 Å². The van der Waals surface area contributed by atoms with Crippen molar-refractivity contribution in [3.8, 4) is 0 Å². The summed E-state index contributed by atoms with van der Waals surface area (Å²) in [5.74, 6) is 5.69. The van der Waals surface area contributed by atoms with Crippen LogP contribution in [0.4, 0.5) is 0 Å². The molecular weight excluding hydrogens is 312 g/mol. The molecule has 1 atom stereocenters. The first-order valence-corrected chi connectivity index (χ1v) is 6.77. The predicted molar refractivity (Wildman–Crippen MR) is 79.5 cm³/mol. The maximum atomic E-state index is 6.23. The lowest BCUT2D eigenvalue weighted by atomic mass is 9.95. The van der Waals surface area contributed by atoms with E-state index in [1.54, 1.807) is 0 Å². The standard InChI is InChI=1S/C14H14BrClN2/c1-9-8-10(15)6-7-11(9)14(18-17)12-4-2-3-5-13(12)16/h2-8,14,18H,17H2,1H3. The second kappa shape index (κ2) is 5.85. The van der Waals surface area contributed by atoms with Gasteiger partial charge < -0.3 is 0 Å². The minimum absolute atomic E-state index is 0.105. The summed E-state index contributed by atoms with van der Waals surface area (Å²) in [6.45, 7) is 2.06. The van der Waals surface area contributed by atoms with Crippen molar-refractivity contribution < 1.29 is 0 Å². The fraction of sp³-hybridized carbons (Fsp3) is 0.143. The van der Waals surface area contributed by atoms with E-state index in [2.05, 4.69) is 34.3 Å². The Labute approximate surface area is 120 Å². The number of nitrogens with one attached hydrogen (secondary N) is 1. The van der Waals surface area contributed by atoms with Crippen LogP contribution >= 0.6 is 27.5 Å². The summed E-state index contributed by atoms with van der Waals surface area (Å²) in [4.78, 5) is 0. The fourth-order valence-corrected chi connectivity index (χ4v) is 2.74. The van der Waals surface area contributed by atoms with Gasteiger partial charge in [0, 0.05) is 9.50 Å². The van der Waals surface area contributed by atoms with E-state index in [1.807, 2.05) is 36.4 Å². The molecular formula is C14H14BrClN2. The lowest BCUT2D eigenvalue weighted by Crippen LogP contribution is -2.29. The van der Waals surface area contributed by atoms with E-state index >= 15 is 0 Å². The van der Waals surface area contributed by atoms with Crippen molar-refractivity contribution in [1.29, 1.82) is 0 Å². The molecule has 2 aromatic carbocycles. The molecule has 2 nitrogen and oxygen atoms in total. The highest BCUT2D eigenvalue weighted by molar-refractivity contribution is 9.10. The van der Waals surface area contributed by atoms with Crippen LogP contribution in [0.1, 0.15) is 22.7 Å². The highest BCUT2D eigenvalue weighted by Crippen LogP contribution is 2.30. The lowest BCUT2D eigenvalue weighted by Gasteiger charge is -2.20. The Hall–Kier alpha value is -0.870. The Balaban J connectivity index is 2.49. The van der Waals surface area contributed by atoms with Gasteiger partial charge in [-0.05, 0) is 41.8 Å². The van der Waals surface area contributed by atoms with Gasteiger partial charge in [-0.1, -0.05) is 51.8 Å². The summed E-state index contributed by atoms with van der Waals surface area (Å²) in [6, 6.07) is 13.7. The summed E-state index contributed by atoms with van der Waals surface area (Å²) in [5, 5.41) is 0.711. The van der Waals surface area contributed by atoms with Crippen LogP contribution < -0.4 is 11.3 Å². The molecule has 0 spiro atoms. The van der Waals surface area contributed by atoms with Crippen molar-refractivity contribution in [2.24, 2.45) is 5.84 Å². The Morgan fingerprint density at radius 2 is 1.89 bits per heavy atom. The third kappa shape index (κ3) is 2.75. The van der Waals surface area contributed by atoms with Gasteiger partial charge in [-0.2, -0.15) is 0 Å². The van der Waals surface area contributed by atoms with Crippen molar-refractivity contribution in [3.63, 3.8) is 0 Å².